The minimum atomic E-state index is -1.90. The van der Waals surface area contributed by atoms with Crippen LogP contribution in [0.4, 0.5) is 0 Å². The van der Waals surface area contributed by atoms with Crippen molar-refractivity contribution in [3.8, 4) is 0 Å². The normalized spacial score (nSPS) is 55.7. The number of esters is 1. The van der Waals surface area contributed by atoms with Gasteiger partial charge in [0, 0.05) is 10.8 Å². The van der Waals surface area contributed by atoms with Gasteiger partial charge in [-0.05, 0) is 73.7 Å². The van der Waals surface area contributed by atoms with Crippen molar-refractivity contribution in [3.05, 3.63) is 11.8 Å². The molecule has 0 radical (unpaired) electrons. The molecule has 4 bridgehead atoms. The number of aliphatic hydroxyl groups excluding tert-OH is 1. The Morgan fingerprint density at radius 2 is 1.92 bits per heavy atom. The van der Waals surface area contributed by atoms with E-state index in [1.807, 2.05) is 19.9 Å². The fourth-order valence-corrected chi connectivity index (χ4v) is 8.21. The third kappa shape index (κ3) is 1.58. The Hall–Kier alpha value is -1.03. The molecule has 2 N–H and O–H groups in total. The number of aliphatic hydroxyl groups is 2. The van der Waals surface area contributed by atoms with Gasteiger partial charge in [0.2, 0.25) is 5.60 Å². The van der Waals surface area contributed by atoms with Crippen molar-refractivity contribution in [2.75, 3.05) is 6.61 Å². The maximum atomic E-state index is 12.7. The molecule has 4 heteroatoms. The van der Waals surface area contributed by atoms with Crippen LogP contribution in [0.2, 0.25) is 0 Å². The quantitative estimate of drug-likeness (QED) is 0.658. The van der Waals surface area contributed by atoms with Gasteiger partial charge in [0.1, 0.15) is 12.4 Å². The highest BCUT2D eigenvalue weighted by molar-refractivity contribution is 5.85. The first-order valence-corrected chi connectivity index (χ1v) is 9.99. The van der Waals surface area contributed by atoms with E-state index in [-0.39, 0.29) is 17.1 Å². The molecule has 2 aliphatic heterocycles. The van der Waals surface area contributed by atoms with Crippen LogP contribution in [0.3, 0.4) is 0 Å². The Bertz CT molecular complexity index is 677. The highest BCUT2D eigenvalue weighted by Gasteiger charge is 2.73. The second-order valence-electron chi connectivity index (χ2n) is 10.4. The lowest BCUT2D eigenvalue weighted by atomic mass is 9.40. The fraction of sp³-hybridized carbons (Fsp3) is 0.857. The van der Waals surface area contributed by atoms with Crippen LogP contribution in [-0.4, -0.2) is 28.4 Å². The fourth-order valence-electron chi connectivity index (χ4n) is 8.21. The summed E-state index contributed by atoms with van der Waals surface area (Å²) in [5, 5.41) is 22.0. The summed E-state index contributed by atoms with van der Waals surface area (Å²) in [4.78, 5) is 12.7. The predicted molar refractivity (Wildman–Crippen MR) is 92.6 cm³/mol. The van der Waals surface area contributed by atoms with Crippen molar-refractivity contribution in [2.24, 2.45) is 39.9 Å². The molecule has 4 nitrogen and oxygen atoms in total. The third-order valence-electron chi connectivity index (χ3n) is 9.32. The number of carbonyl (C=O) groups excluding carboxylic acids is 1. The van der Waals surface area contributed by atoms with Gasteiger partial charge in [-0.1, -0.05) is 20.8 Å². The third-order valence-corrected chi connectivity index (χ3v) is 9.32. The molecular weight excluding hydrogens is 316 g/mol. The second kappa shape index (κ2) is 4.44. The van der Waals surface area contributed by atoms with Gasteiger partial charge in [0.05, 0.1) is 0 Å². The molecule has 4 aliphatic carbocycles. The maximum absolute atomic E-state index is 12.7. The summed E-state index contributed by atoms with van der Waals surface area (Å²) in [7, 11) is 0. The first-order valence-electron chi connectivity index (χ1n) is 9.99. The number of carbonyl (C=O) groups is 1. The van der Waals surface area contributed by atoms with Crippen molar-refractivity contribution < 1.29 is 19.7 Å². The van der Waals surface area contributed by atoms with Gasteiger partial charge in [0.15, 0.2) is 0 Å². The van der Waals surface area contributed by atoms with E-state index in [1.54, 1.807) is 0 Å². The van der Waals surface area contributed by atoms with E-state index in [9.17, 15) is 15.0 Å². The molecule has 7 atom stereocenters. The number of hydrogen-bond acceptors (Lipinski definition) is 4. The van der Waals surface area contributed by atoms with Crippen LogP contribution < -0.4 is 0 Å². The van der Waals surface area contributed by atoms with Gasteiger partial charge in [-0.25, -0.2) is 4.79 Å². The molecule has 2 spiro atoms. The predicted octanol–water partition coefficient (Wildman–Crippen LogP) is 3.59. The van der Waals surface area contributed by atoms with Gasteiger partial charge in [-0.15, -0.1) is 0 Å². The summed E-state index contributed by atoms with van der Waals surface area (Å²) in [5.41, 5.74) is -2.61. The lowest BCUT2D eigenvalue weighted by Gasteiger charge is -2.63. The van der Waals surface area contributed by atoms with Crippen LogP contribution in [0.15, 0.2) is 11.8 Å². The van der Waals surface area contributed by atoms with Gasteiger partial charge in [0.25, 0.3) is 0 Å². The standard InChI is InChI=1S/C21H30O4/c1-12-8-19-7-6-14-18(2,3)21(24)16(22)10-20(14,11-25-17(21)23)15(19)5-4-13(12)9-19/h10,12-15,22,24H,4-9,11H2,1-3H3/t12-,13-,14+,15+,19+,20-,21?/m1/s1. The SMILES string of the molecule is C[C@@H]1C[C@]23CC[C@H]4C(C)(C)C5(O)C(=O)OC[C@@]4(C=C5O)[C@H]2CC[C@@H]1C3. The molecule has 3 saturated carbocycles. The summed E-state index contributed by atoms with van der Waals surface area (Å²) in [6, 6.07) is 0. The largest absolute Gasteiger partial charge is 0.509 e. The van der Waals surface area contributed by atoms with E-state index in [2.05, 4.69) is 6.92 Å². The summed E-state index contributed by atoms with van der Waals surface area (Å²) in [6.45, 7) is 6.61. The van der Waals surface area contributed by atoms with Crippen molar-refractivity contribution >= 4 is 5.97 Å². The lowest BCUT2D eigenvalue weighted by molar-refractivity contribution is -0.181. The molecule has 6 aliphatic rings. The number of fused-ring (bicyclic) bond motifs is 3. The number of rotatable bonds is 0. The molecule has 138 valence electrons. The average Bonchev–Trinajstić information content (AvgIpc) is 2.69. The van der Waals surface area contributed by atoms with Crippen LogP contribution in [0, 0.1) is 39.9 Å². The van der Waals surface area contributed by atoms with E-state index in [1.165, 1.54) is 25.7 Å². The van der Waals surface area contributed by atoms with Crippen LogP contribution in [0.25, 0.3) is 0 Å². The highest BCUT2D eigenvalue weighted by atomic mass is 16.6. The number of hydrogen-bond donors (Lipinski definition) is 2. The zero-order valence-electron chi connectivity index (χ0n) is 15.5. The topological polar surface area (TPSA) is 66.8 Å². The Morgan fingerprint density at radius 3 is 2.68 bits per heavy atom. The number of ether oxygens (including phenoxy) is 1. The summed E-state index contributed by atoms with van der Waals surface area (Å²) in [5.74, 6) is 1.38. The molecule has 0 aromatic carbocycles. The van der Waals surface area contributed by atoms with Crippen molar-refractivity contribution in [1.82, 2.24) is 0 Å². The van der Waals surface area contributed by atoms with E-state index in [4.69, 9.17) is 4.74 Å². The minimum absolute atomic E-state index is 0.162. The molecule has 0 aromatic rings. The molecule has 2 heterocycles. The Morgan fingerprint density at radius 1 is 1.16 bits per heavy atom. The zero-order chi connectivity index (χ0) is 17.8. The molecule has 1 saturated heterocycles. The summed E-state index contributed by atoms with van der Waals surface area (Å²) >= 11 is 0. The Labute approximate surface area is 149 Å². The van der Waals surface area contributed by atoms with Crippen LogP contribution >= 0.6 is 0 Å². The van der Waals surface area contributed by atoms with Crippen LogP contribution in [0.1, 0.15) is 59.3 Å². The van der Waals surface area contributed by atoms with Crippen LogP contribution in [-0.2, 0) is 9.53 Å². The van der Waals surface area contributed by atoms with E-state index in [0.29, 0.717) is 17.9 Å². The first-order chi connectivity index (χ1) is 11.7. The maximum Gasteiger partial charge on any atom is 0.346 e. The second-order valence-corrected chi connectivity index (χ2v) is 10.4. The molecule has 6 rings (SSSR count). The summed E-state index contributed by atoms with van der Waals surface area (Å²) in [6.07, 6.45) is 9.02. The minimum Gasteiger partial charge on any atom is -0.509 e. The van der Waals surface area contributed by atoms with E-state index in [0.717, 1.165) is 24.7 Å². The van der Waals surface area contributed by atoms with Crippen molar-refractivity contribution in [1.29, 1.82) is 0 Å². The summed E-state index contributed by atoms with van der Waals surface area (Å²) < 4.78 is 5.64. The molecule has 1 unspecified atom stereocenters. The highest BCUT2D eigenvalue weighted by Crippen LogP contribution is 2.73. The van der Waals surface area contributed by atoms with Gasteiger partial charge >= 0.3 is 5.97 Å². The zero-order valence-corrected chi connectivity index (χ0v) is 15.5. The van der Waals surface area contributed by atoms with Crippen molar-refractivity contribution in [2.45, 2.75) is 64.9 Å². The monoisotopic (exact) mass is 346 g/mol. The molecular formula is C21H30O4. The Balaban J connectivity index is 1.71. The smallest absolute Gasteiger partial charge is 0.346 e. The first kappa shape index (κ1) is 16.2. The van der Waals surface area contributed by atoms with Gasteiger partial charge < -0.3 is 14.9 Å². The molecule has 4 fully saturated rings. The van der Waals surface area contributed by atoms with Crippen LogP contribution in [0.5, 0.6) is 0 Å². The van der Waals surface area contributed by atoms with E-state index >= 15 is 0 Å². The molecule has 0 aromatic heterocycles. The van der Waals surface area contributed by atoms with Gasteiger partial charge in [-0.2, -0.15) is 0 Å². The molecule has 25 heavy (non-hydrogen) atoms. The average molecular weight is 346 g/mol. The van der Waals surface area contributed by atoms with Crippen molar-refractivity contribution in [3.63, 3.8) is 0 Å². The van der Waals surface area contributed by atoms with E-state index < -0.39 is 17.0 Å². The Kier molecular flexibility index (Phi) is 2.87. The molecule has 0 amide bonds. The van der Waals surface area contributed by atoms with Gasteiger partial charge in [-0.3, -0.25) is 0 Å². The lowest BCUT2D eigenvalue weighted by Crippen LogP contribution is -2.64.